The zero-order chi connectivity index (χ0) is 14.4. The number of nitrogens with one attached hydrogen (secondary N) is 1. The normalized spacial score (nSPS) is 14.0. The minimum atomic E-state index is -0.00240. The predicted octanol–water partition coefficient (Wildman–Crippen LogP) is 2.31. The monoisotopic (exact) mass is 274 g/mol. The number of rotatable bonds is 6. The molecule has 0 bridgehead atoms. The van der Waals surface area contributed by atoms with Gasteiger partial charge in [0, 0.05) is 24.9 Å². The molecule has 4 nitrogen and oxygen atoms in total. The number of para-hydroxylation sites is 1. The first-order valence-corrected chi connectivity index (χ1v) is 7.03. The SMILES string of the molecule is CNCc1ccccc1OCC(=O)N(C)C1=CCCC1. The lowest BCUT2D eigenvalue weighted by atomic mass is 10.2. The van der Waals surface area contributed by atoms with Gasteiger partial charge in [-0.3, -0.25) is 4.79 Å². The van der Waals surface area contributed by atoms with Crippen LogP contribution >= 0.6 is 0 Å². The third-order valence-corrected chi connectivity index (χ3v) is 3.51. The lowest BCUT2D eigenvalue weighted by Gasteiger charge is -2.19. The third-order valence-electron chi connectivity index (χ3n) is 3.51. The van der Waals surface area contributed by atoms with Gasteiger partial charge in [0.2, 0.25) is 0 Å². The summed E-state index contributed by atoms with van der Waals surface area (Å²) in [7, 11) is 3.71. The molecule has 0 saturated carbocycles. The molecule has 2 rings (SSSR count). The van der Waals surface area contributed by atoms with E-state index in [1.807, 2.05) is 38.4 Å². The number of hydrogen-bond donors (Lipinski definition) is 1. The molecule has 0 fully saturated rings. The molecule has 1 aliphatic rings. The number of allylic oxidation sites excluding steroid dienone is 2. The predicted molar refractivity (Wildman–Crippen MR) is 79.4 cm³/mol. The minimum absolute atomic E-state index is 0.00240. The Bertz CT molecular complexity index is 497. The van der Waals surface area contributed by atoms with Gasteiger partial charge >= 0.3 is 0 Å². The van der Waals surface area contributed by atoms with Crippen molar-refractivity contribution in [2.45, 2.75) is 25.8 Å². The minimum Gasteiger partial charge on any atom is -0.483 e. The lowest BCUT2D eigenvalue weighted by Crippen LogP contribution is -2.30. The largest absolute Gasteiger partial charge is 0.483 e. The number of likely N-dealkylation sites (N-methyl/N-ethyl adjacent to an activating group) is 1. The fraction of sp³-hybridized carbons (Fsp3) is 0.438. The van der Waals surface area contributed by atoms with Gasteiger partial charge in [-0.2, -0.15) is 0 Å². The van der Waals surface area contributed by atoms with Crippen LogP contribution in [0.2, 0.25) is 0 Å². The highest BCUT2D eigenvalue weighted by Crippen LogP contribution is 2.21. The molecule has 0 heterocycles. The summed E-state index contributed by atoms with van der Waals surface area (Å²) in [5.74, 6) is 0.765. The van der Waals surface area contributed by atoms with Gasteiger partial charge in [-0.05, 0) is 32.4 Å². The van der Waals surface area contributed by atoms with E-state index >= 15 is 0 Å². The van der Waals surface area contributed by atoms with Gasteiger partial charge in [-0.25, -0.2) is 0 Å². The average Bonchev–Trinajstić information content (AvgIpc) is 2.99. The summed E-state index contributed by atoms with van der Waals surface area (Å²) in [4.78, 5) is 13.8. The highest BCUT2D eigenvalue weighted by Gasteiger charge is 2.16. The molecule has 1 N–H and O–H groups in total. The summed E-state index contributed by atoms with van der Waals surface area (Å²) >= 11 is 0. The van der Waals surface area contributed by atoms with Crippen LogP contribution in [0.25, 0.3) is 0 Å². The number of carbonyl (C=O) groups excluding carboxylic acids is 1. The van der Waals surface area contributed by atoms with E-state index in [4.69, 9.17) is 4.74 Å². The van der Waals surface area contributed by atoms with Crippen LogP contribution in [-0.4, -0.2) is 31.5 Å². The average molecular weight is 274 g/mol. The molecule has 4 heteroatoms. The standard InChI is InChI=1S/C16H22N2O2/c1-17-11-13-7-3-6-10-15(13)20-12-16(19)18(2)14-8-4-5-9-14/h3,6-8,10,17H,4-5,9,11-12H2,1-2H3. The summed E-state index contributed by atoms with van der Waals surface area (Å²) < 4.78 is 5.67. The molecule has 0 unspecified atom stereocenters. The second-order valence-corrected chi connectivity index (χ2v) is 4.97. The molecule has 0 atom stereocenters. The summed E-state index contributed by atoms with van der Waals surface area (Å²) in [5, 5.41) is 3.10. The summed E-state index contributed by atoms with van der Waals surface area (Å²) in [6.45, 7) is 0.805. The molecule has 1 amide bonds. The second-order valence-electron chi connectivity index (χ2n) is 4.97. The molecule has 0 aliphatic heterocycles. The molecule has 0 radical (unpaired) electrons. The fourth-order valence-corrected chi connectivity index (χ4v) is 2.34. The number of amides is 1. The van der Waals surface area contributed by atoms with Gasteiger partial charge in [0.1, 0.15) is 5.75 Å². The molecule has 1 aliphatic carbocycles. The highest BCUT2D eigenvalue weighted by atomic mass is 16.5. The first-order chi connectivity index (χ1) is 9.72. The maximum absolute atomic E-state index is 12.1. The van der Waals surface area contributed by atoms with Crippen molar-refractivity contribution in [2.75, 3.05) is 20.7 Å². The van der Waals surface area contributed by atoms with Crippen LogP contribution in [0, 0.1) is 0 Å². The topological polar surface area (TPSA) is 41.6 Å². The summed E-state index contributed by atoms with van der Waals surface area (Å²) in [5.41, 5.74) is 2.17. The Morgan fingerprint density at radius 3 is 2.90 bits per heavy atom. The number of benzene rings is 1. The second kappa shape index (κ2) is 7.10. The molecule has 1 aromatic carbocycles. The molecular weight excluding hydrogens is 252 g/mol. The number of carbonyl (C=O) groups is 1. The molecule has 108 valence electrons. The van der Waals surface area contributed by atoms with Crippen LogP contribution in [-0.2, 0) is 11.3 Å². The Labute approximate surface area is 120 Å². The van der Waals surface area contributed by atoms with Crippen LogP contribution in [0.4, 0.5) is 0 Å². The van der Waals surface area contributed by atoms with Gasteiger partial charge in [-0.1, -0.05) is 24.3 Å². The first kappa shape index (κ1) is 14.6. The number of ether oxygens (including phenoxy) is 1. The summed E-state index contributed by atoms with van der Waals surface area (Å²) in [6.07, 6.45) is 5.32. The van der Waals surface area contributed by atoms with E-state index in [0.717, 1.165) is 42.8 Å². The fourth-order valence-electron chi connectivity index (χ4n) is 2.34. The number of hydrogen-bond acceptors (Lipinski definition) is 3. The van der Waals surface area contributed by atoms with Crippen molar-refractivity contribution >= 4 is 5.91 Å². The van der Waals surface area contributed by atoms with E-state index in [0.29, 0.717) is 0 Å². The van der Waals surface area contributed by atoms with Gasteiger partial charge in [-0.15, -0.1) is 0 Å². The Morgan fingerprint density at radius 1 is 1.40 bits per heavy atom. The van der Waals surface area contributed by atoms with E-state index in [9.17, 15) is 4.79 Å². The van der Waals surface area contributed by atoms with Crippen LogP contribution in [0.15, 0.2) is 36.0 Å². The Morgan fingerprint density at radius 2 is 2.20 bits per heavy atom. The highest BCUT2D eigenvalue weighted by molar-refractivity contribution is 5.79. The molecule has 0 spiro atoms. The number of nitrogens with zero attached hydrogens (tertiary/aromatic N) is 1. The van der Waals surface area contributed by atoms with Crippen LogP contribution < -0.4 is 10.1 Å². The quantitative estimate of drug-likeness (QED) is 0.865. The van der Waals surface area contributed by atoms with E-state index < -0.39 is 0 Å². The van der Waals surface area contributed by atoms with Crippen molar-refractivity contribution in [2.24, 2.45) is 0 Å². The van der Waals surface area contributed by atoms with E-state index in [-0.39, 0.29) is 12.5 Å². The van der Waals surface area contributed by atoms with Gasteiger partial charge in [0.25, 0.3) is 5.91 Å². The van der Waals surface area contributed by atoms with Crippen LogP contribution in [0.3, 0.4) is 0 Å². The van der Waals surface area contributed by atoms with Crippen molar-refractivity contribution in [1.29, 1.82) is 0 Å². The van der Waals surface area contributed by atoms with Crippen LogP contribution in [0.1, 0.15) is 24.8 Å². The molecule has 0 aromatic heterocycles. The zero-order valence-electron chi connectivity index (χ0n) is 12.2. The zero-order valence-corrected chi connectivity index (χ0v) is 12.2. The van der Waals surface area contributed by atoms with Gasteiger partial charge in [0.05, 0.1) is 0 Å². The van der Waals surface area contributed by atoms with Crippen LogP contribution in [0.5, 0.6) is 5.75 Å². The van der Waals surface area contributed by atoms with E-state index in [1.165, 1.54) is 0 Å². The first-order valence-electron chi connectivity index (χ1n) is 7.03. The van der Waals surface area contributed by atoms with Crippen molar-refractivity contribution in [3.05, 3.63) is 41.6 Å². The Balaban J connectivity index is 1.93. The van der Waals surface area contributed by atoms with Crippen molar-refractivity contribution in [3.63, 3.8) is 0 Å². The third kappa shape index (κ3) is 3.61. The molecular formula is C16H22N2O2. The van der Waals surface area contributed by atoms with Gasteiger partial charge < -0.3 is 15.0 Å². The summed E-state index contributed by atoms with van der Waals surface area (Å²) in [6, 6.07) is 7.79. The maximum atomic E-state index is 12.1. The molecule has 20 heavy (non-hydrogen) atoms. The molecule has 1 aromatic rings. The lowest BCUT2D eigenvalue weighted by molar-refractivity contribution is -0.130. The molecule has 0 saturated heterocycles. The van der Waals surface area contributed by atoms with Crippen molar-refractivity contribution < 1.29 is 9.53 Å². The Hall–Kier alpha value is -1.81. The van der Waals surface area contributed by atoms with Crippen molar-refractivity contribution in [3.8, 4) is 5.75 Å². The van der Waals surface area contributed by atoms with Crippen molar-refractivity contribution in [1.82, 2.24) is 10.2 Å². The van der Waals surface area contributed by atoms with Gasteiger partial charge in [0.15, 0.2) is 6.61 Å². The Kier molecular flexibility index (Phi) is 5.18. The smallest absolute Gasteiger partial charge is 0.264 e. The van der Waals surface area contributed by atoms with E-state index in [1.54, 1.807) is 4.90 Å². The maximum Gasteiger partial charge on any atom is 0.264 e. The van der Waals surface area contributed by atoms with E-state index in [2.05, 4.69) is 11.4 Å².